The summed E-state index contributed by atoms with van der Waals surface area (Å²) in [5, 5.41) is 3.64. The van der Waals surface area contributed by atoms with Crippen LogP contribution in [0.5, 0.6) is 5.75 Å². The summed E-state index contributed by atoms with van der Waals surface area (Å²) in [6.07, 6.45) is 0. The minimum atomic E-state index is -0.685. The number of carbonyl (C=O) groups is 3. The van der Waals surface area contributed by atoms with Crippen LogP contribution in [0.3, 0.4) is 0 Å². The Balaban J connectivity index is 1.80. The summed E-state index contributed by atoms with van der Waals surface area (Å²) in [6.45, 7) is 3.42. The van der Waals surface area contributed by atoms with Crippen LogP contribution in [-0.4, -0.2) is 36.5 Å². The van der Waals surface area contributed by atoms with Gasteiger partial charge in [-0.25, -0.2) is 9.78 Å². The maximum absolute atomic E-state index is 13.5. The van der Waals surface area contributed by atoms with Crippen LogP contribution in [0.1, 0.15) is 42.9 Å². The molecule has 0 aliphatic heterocycles. The zero-order chi connectivity index (χ0) is 25.1. The van der Waals surface area contributed by atoms with Crippen LogP contribution in [0, 0.1) is 6.92 Å². The van der Waals surface area contributed by atoms with Gasteiger partial charge >= 0.3 is 5.97 Å². The van der Waals surface area contributed by atoms with Crippen LogP contribution >= 0.6 is 11.3 Å². The Morgan fingerprint density at radius 2 is 1.80 bits per heavy atom. The molecule has 35 heavy (non-hydrogen) atoms. The molecule has 4 aromatic rings. The molecule has 2 aromatic carbocycles. The fourth-order valence-corrected chi connectivity index (χ4v) is 4.77. The van der Waals surface area contributed by atoms with E-state index in [1.807, 2.05) is 42.5 Å². The third-order valence-corrected chi connectivity index (χ3v) is 6.65. The second-order valence-electron chi connectivity index (χ2n) is 7.60. The molecule has 0 aliphatic rings. The number of esters is 1. The number of pyridine rings is 1. The maximum Gasteiger partial charge on any atom is 0.341 e. The topological polar surface area (TPSA) is 121 Å². The predicted molar refractivity (Wildman–Crippen MR) is 135 cm³/mol. The van der Waals surface area contributed by atoms with Crippen LogP contribution in [0.25, 0.3) is 22.2 Å². The molecule has 0 atom stereocenters. The van der Waals surface area contributed by atoms with Crippen molar-refractivity contribution < 1.29 is 23.9 Å². The highest BCUT2D eigenvalue weighted by Gasteiger charge is 2.26. The molecule has 0 bridgehead atoms. The van der Waals surface area contributed by atoms with Gasteiger partial charge in [-0.15, -0.1) is 11.3 Å². The number of aromatic nitrogens is 1. The summed E-state index contributed by atoms with van der Waals surface area (Å²) in [4.78, 5) is 42.9. The Morgan fingerprint density at radius 1 is 1.09 bits per heavy atom. The molecule has 0 unspecified atom stereocenters. The third-order valence-electron chi connectivity index (χ3n) is 5.42. The Kier molecular flexibility index (Phi) is 6.79. The molecule has 0 saturated carbocycles. The number of nitrogens with one attached hydrogen (secondary N) is 1. The Labute approximate surface area is 205 Å². The predicted octanol–water partition coefficient (Wildman–Crippen LogP) is 4.81. The van der Waals surface area contributed by atoms with Gasteiger partial charge in [-0.3, -0.25) is 9.59 Å². The van der Waals surface area contributed by atoms with Gasteiger partial charge in [0.2, 0.25) is 0 Å². The average molecular weight is 490 g/mol. The van der Waals surface area contributed by atoms with Gasteiger partial charge in [0.05, 0.1) is 40.9 Å². The molecular weight excluding hydrogens is 466 g/mol. The van der Waals surface area contributed by atoms with Gasteiger partial charge in [-0.1, -0.05) is 18.2 Å². The third kappa shape index (κ3) is 4.71. The van der Waals surface area contributed by atoms with E-state index in [2.05, 4.69) is 5.32 Å². The molecule has 2 amide bonds. The van der Waals surface area contributed by atoms with E-state index in [0.29, 0.717) is 33.5 Å². The number of thiophene rings is 1. The number of hydrogen-bond acceptors (Lipinski definition) is 7. The summed E-state index contributed by atoms with van der Waals surface area (Å²) < 4.78 is 10.4. The molecular formula is C26H23N3O5S. The molecule has 2 heterocycles. The van der Waals surface area contributed by atoms with Gasteiger partial charge in [-0.2, -0.15) is 0 Å². The molecule has 8 nitrogen and oxygen atoms in total. The van der Waals surface area contributed by atoms with Gasteiger partial charge in [0.25, 0.3) is 11.8 Å². The van der Waals surface area contributed by atoms with Gasteiger partial charge in [-0.05, 0) is 55.8 Å². The number of ether oxygens (including phenoxy) is 2. The minimum absolute atomic E-state index is 0.118. The van der Waals surface area contributed by atoms with Crippen molar-refractivity contribution >= 4 is 45.0 Å². The van der Waals surface area contributed by atoms with E-state index in [1.54, 1.807) is 33.1 Å². The molecule has 0 spiro atoms. The number of fused-ring (bicyclic) bond motifs is 1. The van der Waals surface area contributed by atoms with Crippen molar-refractivity contribution in [1.82, 2.24) is 4.98 Å². The first-order valence-corrected chi connectivity index (χ1v) is 11.6. The molecule has 0 fully saturated rings. The van der Waals surface area contributed by atoms with Crippen LogP contribution < -0.4 is 15.8 Å². The van der Waals surface area contributed by atoms with E-state index in [0.717, 1.165) is 16.9 Å². The first-order valence-electron chi connectivity index (χ1n) is 10.8. The van der Waals surface area contributed by atoms with E-state index < -0.39 is 17.8 Å². The zero-order valence-corrected chi connectivity index (χ0v) is 20.2. The monoisotopic (exact) mass is 489 g/mol. The molecule has 178 valence electrons. The number of nitrogens with two attached hydrogens (primary N) is 1. The summed E-state index contributed by atoms with van der Waals surface area (Å²) in [7, 11) is 1.59. The lowest BCUT2D eigenvalue weighted by Crippen LogP contribution is -2.16. The van der Waals surface area contributed by atoms with Crippen LogP contribution in [-0.2, 0) is 4.74 Å². The first kappa shape index (κ1) is 23.9. The second kappa shape index (κ2) is 9.94. The highest BCUT2D eigenvalue weighted by Crippen LogP contribution is 2.35. The number of para-hydroxylation sites is 1. The summed E-state index contributed by atoms with van der Waals surface area (Å²) in [5.41, 5.74) is 8.38. The second-order valence-corrected chi connectivity index (χ2v) is 8.62. The van der Waals surface area contributed by atoms with Crippen molar-refractivity contribution in [2.24, 2.45) is 5.73 Å². The minimum Gasteiger partial charge on any atom is -0.497 e. The van der Waals surface area contributed by atoms with Crippen molar-refractivity contribution in [2.45, 2.75) is 13.8 Å². The van der Waals surface area contributed by atoms with E-state index >= 15 is 0 Å². The quantitative estimate of drug-likeness (QED) is 0.360. The number of primary amides is 1. The largest absolute Gasteiger partial charge is 0.497 e. The van der Waals surface area contributed by atoms with E-state index in [9.17, 15) is 14.4 Å². The summed E-state index contributed by atoms with van der Waals surface area (Å²) in [5.74, 6) is -1.07. The van der Waals surface area contributed by atoms with Gasteiger partial charge in [0.1, 0.15) is 10.8 Å². The number of carbonyl (C=O) groups excluding carboxylic acids is 3. The number of anilines is 1. The fraction of sp³-hybridized carbons (Fsp3) is 0.154. The van der Waals surface area contributed by atoms with Crippen LogP contribution in [0.15, 0.2) is 54.6 Å². The van der Waals surface area contributed by atoms with Crippen LogP contribution in [0.2, 0.25) is 0 Å². The maximum atomic E-state index is 13.5. The van der Waals surface area contributed by atoms with E-state index in [1.165, 1.54) is 0 Å². The van der Waals surface area contributed by atoms with Crippen molar-refractivity contribution in [3.63, 3.8) is 0 Å². The van der Waals surface area contributed by atoms with Crippen molar-refractivity contribution in [3.05, 3.63) is 76.2 Å². The Morgan fingerprint density at radius 3 is 2.46 bits per heavy atom. The van der Waals surface area contributed by atoms with Gasteiger partial charge in [0, 0.05) is 10.9 Å². The number of rotatable bonds is 7. The molecule has 3 N–H and O–H groups in total. The molecule has 4 rings (SSSR count). The van der Waals surface area contributed by atoms with E-state index in [-0.39, 0.29) is 22.0 Å². The zero-order valence-electron chi connectivity index (χ0n) is 19.4. The SMILES string of the molecule is CCOC(=O)c1c(NC(=O)c2cc(-c3ccc(OC)cc3)nc3ccccc23)sc(C(N)=O)c1C. The molecule has 0 aliphatic carbocycles. The highest BCUT2D eigenvalue weighted by molar-refractivity contribution is 7.18. The lowest BCUT2D eigenvalue weighted by atomic mass is 10.0. The molecule has 0 radical (unpaired) electrons. The molecule has 0 saturated heterocycles. The normalized spacial score (nSPS) is 10.7. The van der Waals surface area contributed by atoms with Crippen molar-refractivity contribution in [1.29, 1.82) is 0 Å². The standard InChI is InChI=1S/C26H23N3O5S/c1-4-34-26(32)21-14(2)22(23(27)30)35-25(21)29-24(31)18-13-20(15-9-11-16(33-3)12-10-15)28-19-8-6-5-7-17(18)19/h5-13H,4H2,1-3H3,(H2,27,30)(H,29,31). The molecule has 9 heteroatoms. The summed E-state index contributed by atoms with van der Waals surface area (Å²) >= 11 is 0.945. The number of benzene rings is 2. The number of hydrogen-bond donors (Lipinski definition) is 2. The number of methoxy groups -OCH3 is 1. The molecule has 2 aromatic heterocycles. The van der Waals surface area contributed by atoms with Crippen molar-refractivity contribution in [3.8, 4) is 17.0 Å². The smallest absolute Gasteiger partial charge is 0.341 e. The van der Waals surface area contributed by atoms with Gasteiger partial charge in [0.15, 0.2) is 0 Å². The lowest BCUT2D eigenvalue weighted by molar-refractivity contribution is 0.0527. The first-order chi connectivity index (χ1) is 16.8. The number of nitrogens with zero attached hydrogens (tertiary/aromatic N) is 1. The van der Waals surface area contributed by atoms with Gasteiger partial charge < -0.3 is 20.5 Å². The highest BCUT2D eigenvalue weighted by atomic mass is 32.1. The Bertz CT molecular complexity index is 1440. The Hall–Kier alpha value is -4.24. The van der Waals surface area contributed by atoms with Crippen molar-refractivity contribution in [2.75, 3.05) is 19.0 Å². The summed E-state index contributed by atoms with van der Waals surface area (Å²) in [6, 6.07) is 16.3. The fourth-order valence-electron chi connectivity index (χ4n) is 3.73. The average Bonchev–Trinajstić information content (AvgIpc) is 3.19. The lowest BCUT2D eigenvalue weighted by Gasteiger charge is -2.11. The van der Waals surface area contributed by atoms with E-state index in [4.69, 9.17) is 20.2 Å². The van der Waals surface area contributed by atoms with Crippen LogP contribution in [0.4, 0.5) is 5.00 Å². The number of amides is 2.